The summed E-state index contributed by atoms with van der Waals surface area (Å²) in [5.74, 6) is 1.42. The first-order valence-corrected chi connectivity index (χ1v) is 10.5. The maximum atomic E-state index is 11.6. The number of carbonyl (C=O) groups is 1. The van der Waals surface area contributed by atoms with E-state index in [1.54, 1.807) is 7.11 Å². The summed E-state index contributed by atoms with van der Waals surface area (Å²) in [6.07, 6.45) is 5.18. The third-order valence-electron chi connectivity index (χ3n) is 6.50. The molecular weight excluding hydrogens is 362 g/mol. The lowest BCUT2D eigenvalue weighted by molar-refractivity contribution is 0.231. The van der Waals surface area contributed by atoms with Crippen LogP contribution in [0.5, 0.6) is 5.75 Å². The molecule has 0 atom stereocenters. The summed E-state index contributed by atoms with van der Waals surface area (Å²) in [5.41, 5.74) is 5.39. The van der Waals surface area contributed by atoms with Crippen LogP contribution in [-0.4, -0.2) is 39.3 Å². The van der Waals surface area contributed by atoms with Gasteiger partial charge in [0.25, 0.3) is 0 Å². The van der Waals surface area contributed by atoms with Gasteiger partial charge in [-0.1, -0.05) is 30.3 Å². The van der Waals surface area contributed by atoms with Crippen LogP contribution in [0.2, 0.25) is 0 Å². The van der Waals surface area contributed by atoms with Crippen LogP contribution in [0, 0.1) is 0 Å². The normalized spacial score (nSPS) is 23.6. The number of para-hydroxylation sites is 1. The van der Waals surface area contributed by atoms with E-state index < -0.39 is 0 Å². The number of rotatable bonds is 5. The molecule has 2 aromatic carbocycles. The summed E-state index contributed by atoms with van der Waals surface area (Å²) >= 11 is 0. The van der Waals surface area contributed by atoms with E-state index in [1.807, 2.05) is 12.1 Å². The van der Waals surface area contributed by atoms with E-state index in [1.165, 1.54) is 22.4 Å². The van der Waals surface area contributed by atoms with Crippen molar-refractivity contribution in [3.63, 3.8) is 0 Å². The highest BCUT2D eigenvalue weighted by molar-refractivity contribution is 5.77. The molecule has 1 saturated heterocycles. The number of hydrogen-bond donors (Lipinski definition) is 2. The topological polar surface area (TPSA) is 53.6 Å². The third-order valence-corrected chi connectivity index (χ3v) is 6.50. The first-order valence-electron chi connectivity index (χ1n) is 10.5. The van der Waals surface area contributed by atoms with Crippen LogP contribution in [0.25, 0.3) is 0 Å². The maximum Gasteiger partial charge on any atom is 0.315 e. The van der Waals surface area contributed by atoms with E-state index in [0.29, 0.717) is 5.92 Å². The molecule has 1 spiro atoms. The molecule has 2 amide bonds. The van der Waals surface area contributed by atoms with Crippen molar-refractivity contribution in [1.29, 1.82) is 0 Å². The number of urea groups is 1. The molecule has 2 N–H and O–H groups in total. The summed E-state index contributed by atoms with van der Waals surface area (Å²) in [5, 5.41) is 6.10. The molecule has 2 aromatic rings. The lowest BCUT2D eigenvalue weighted by Crippen LogP contribution is -2.46. The minimum atomic E-state index is -0.0352. The molecule has 1 saturated carbocycles. The van der Waals surface area contributed by atoms with Gasteiger partial charge < -0.3 is 20.3 Å². The number of nitrogens with zero attached hydrogens (tertiary/aromatic N) is 1. The molecule has 1 heterocycles. The van der Waals surface area contributed by atoms with Crippen LogP contribution >= 0.6 is 0 Å². The Bertz CT molecular complexity index is 868. The average Bonchev–Trinajstić information content (AvgIpc) is 3.09. The predicted octanol–water partition coefficient (Wildman–Crippen LogP) is 4.06. The number of anilines is 1. The Morgan fingerprint density at radius 2 is 1.83 bits per heavy atom. The second-order valence-corrected chi connectivity index (χ2v) is 8.64. The summed E-state index contributed by atoms with van der Waals surface area (Å²) < 4.78 is 5.29. The highest BCUT2D eigenvalue weighted by Crippen LogP contribution is 2.43. The first kappa shape index (κ1) is 19.6. The van der Waals surface area contributed by atoms with Crippen LogP contribution in [-0.2, 0) is 6.42 Å². The lowest BCUT2D eigenvalue weighted by atomic mass is 9.73. The Balaban J connectivity index is 1.56. The molecule has 2 fully saturated rings. The van der Waals surface area contributed by atoms with Crippen LogP contribution in [0.1, 0.15) is 48.3 Å². The molecular formula is C24H31N3O2. The monoisotopic (exact) mass is 393 g/mol. The molecule has 1 aliphatic carbocycles. The van der Waals surface area contributed by atoms with E-state index in [9.17, 15) is 4.79 Å². The fraction of sp³-hybridized carbons (Fsp3) is 0.458. The summed E-state index contributed by atoms with van der Waals surface area (Å²) in [6, 6.07) is 15.1. The zero-order valence-corrected chi connectivity index (χ0v) is 17.6. The van der Waals surface area contributed by atoms with Gasteiger partial charge in [0.2, 0.25) is 0 Å². The smallest absolute Gasteiger partial charge is 0.315 e. The molecule has 5 nitrogen and oxygen atoms in total. The van der Waals surface area contributed by atoms with Gasteiger partial charge >= 0.3 is 6.03 Å². The van der Waals surface area contributed by atoms with Gasteiger partial charge in [-0.3, -0.25) is 0 Å². The van der Waals surface area contributed by atoms with E-state index in [0.717, 1.165) is 44.4 Å². The average molecular weight is 394 g/mol. The van der Waals surface area contributed by atoms with Gasteiger partial charge in [-0.25, -0.2) is 4.79 Å². The van der Waals surface area contributed by atoms with Crippen molar-refractivity contribution in [1.82, 2.24) is 10.6 Å². The molecule has 4 rings (SSSR count). The molecule has 0 bridgehead atoms. The Labute approximate surface area is 173 Å². The highest BCUT2D eigenvalue weighted by atomic mass is 16.5. The van der Waals surface area contributed by atoms with E-state index >= 15 is 0 Å². The second kappa shape index (κ2) is 7.97. The van der Waals surface area contributed by atoms with Crippen molar-refractivity contribution < 1.29 is 9.53 Å². The van der Waals surface area contributed by atoms with Crippen molar-refractivity contribution >= 4 is 11.7 Å². The van der Waals surface area contributed by atoms with Crippen molar-refractivity contribution in [3.8, 4) is 5.75 Å². The van der Waals surface area contributed by atoms with Crippen molar-refractivity contribution in [3.05, 3.63) is 59.2 Å². The Hall–Kier alpha value is -2.69. The van der Waals surface area contributed by atoms with Gasteiger partial charge in [0.1, 0.15) is 5.75 Å². The van der Waals surface area contributed by atoms with Crippen molar-refractivity contribution in [2.24, 2.45) is 0 Å². The number of carbonyl (C=O) groups excluding carboxylic acids is 1. The molecule has 154 valence electrons. The van der Waals surface area contributed by atoms with Crippen molar-refractivity contribution in [2.45, 2.75) is 43.6 Å². The molecule has 1 aliphatic heterocycles. The quantitative estimate of drug-likeness (QED) is 0.805. The maximum absolute atomic E-state index is 11.6. The molecule has 0 unspecified atom stereocenters. The molecule has 5 heteroatoms. The van der Waals surface area contributed by atoms with Crippen molar-refractivity contribution in [2.75, 3.05) is 32.6 Å². The van der Waals surface area contributed by atoms with Gasteiger partial charge in [0.05, 0.1) is 12.6 Å². The number of hydrogen-bond acceptors (Lipinski definition) is 3. The third kappa shape index (κ3) is 4.04. The van der Waals surface area contributed by atoms with Crippen LogP contribution in [0.3, 0.4) is 0 Å². The Morgan fingerprint density at radius 3 is 2.41 bits per heavy atom. The summed E-state index contributed by atoms with van der Waals surface area (Å²) in [4.78, 5) is 13.9. The zero-order valence-electron chi connectivity index (χ0n) is 17.6. The van der Waals surface area contributed by atoms with Crippen LogP contribution < -0.4 is 20.3 Å². The summed E-state index contributed by atoms with van der Waals surface area (Å²) in [6.45, 7) is 0.761. The van der Waals surface area contributed by atoms with Crippen LogP contribution in [0.4, 0.5) is 10.5 Å². The van der Waals surface area contributed by atoms with Gasteiger partial charge in [-0.2, -0.15) is 0 Å². The fourth-order valence-electron chi connectivity index (χ4n) is 4.95. The highest BCUT2D eigenvalue weighted by Gasteiger charge is 2.41. The van der Waals surface area contributed by atoms with E-state index in [2.05, 4.69) is 60.0 Å². The van der Waals surface area contributed by atoms with Gasteiger partial charge in [-0.15, -0.1) is 0 Å². The minimum absolute atomic E-state index is 0.0149. The standard InChI is InChI=1S/C24H31N3O2/c1-27(2)22-19(15-17-7-9-20(29-3)10-8-17)5-4-6-21(22)18-11-13-24(14-12-18)16-25-23(28)26-24/h4-10,18H,11-16H2,1-3H3,(H2,25,26,28). The number of methoxy groups -OCH3 is 1. The predicted molar refractivity (Wildman–Crippen MR) is 117 cm³/mol. The van der Waals surface area contributed by atoms with Crippen LogP contribution in [0.15, 0.2) is 42.5 Å². The Morgan fingerprint density at radius 1 is 1.10 bits per heavy atom. The lowest BCUT2D eigenvalue weighted by Gasteiger charge is -2.37. The Kier molecular flexibility index (Phi) is 5.39. The van der Waals surface area contributed by atoms with Gasteiger partial charge in [0.15, 0.2) is 0 Å². The first-order chi connectivity index (χ1) is 14.0. The molecule has 2 aliphatic rings. The minimum Gasteiger partial charge on any atom is -0.497 e. The number of amides is 2. The number of ether oxygens (including phenoxy) is 1. The largest absolute Gasteiger partial charge is 0.497 e. The molecule has 29 heavy (non-hydrogen) atoms. The SMILES string of the molecule is COc1ccc(Cc2cccc(C3CCC4(CC3)CNC(=O)N4)c2N(C)C)cc1. The number of benzene rings is 2. The molecule has 0 aromatic heterocycles. The number of nitrogens with one attached hydrogen (secondary N) is 2. The van der Waals surface area contributed by atoms with E-state index in [4.69, 9.17) is 4.74 Å². The fourth-order valence-corrected chi connectivity index (χ4v) is 4.95. The van der Waals surface area contributed by atoms with E-state index in [-0.39, 0.29) is 11.6 Å². The van der Waals surface area contributed by atoms with Gasteiger partial charge in [-0.05, 0) is 66.8 Å². The second-order valence-electron chi connectivity index (χ2n) is 8.64. The van der Waals surface area contributed by atoms with Gasteiger partial charge in [0, 0.05) is 26.3 Å². The molecule has 0 radical (unpaired) electrons. The zero-order chi connectivity index (χ0) is 20.4. The summed E-state index contributed by atoms with van der Waals surface area (Å²) in [7, 11) is 5.98.